The van der Waals surface area contributed by atoms with Gasteiger partial charge in [0, 0.05) is 87.9 Å². The van der Waals surface area contributed by atoms with Crippen molar-refractivity contribution >= 4 is 53.4 Å². The van der Waals surface area contributed by atoms with E-state index in [9.17, 15) is 48.2 Å². The monoisotopic (exact) mass is 1210 g/mol. The molecule has 87 heavy (non-hydrogen) atoms. The van der Waals surface area contributed by atoms with Crippen molar-refractivity contribution in [3.8, 4) is 11.3 Å². The minimum absolute atomic E-state index is 0.0676. The fourth-order valence-electron chi connectivity index (χ4n) is 11.2. The third-order valence-electron chi connectivity index (χ3n) is 16.0. The van der Waals surface area contributed by atoms with Crippen LogP contribution in [-0.4, -0.2) is 177 Å². The molecule has 0 aliphatic carbocycles. The van der Waals surface area contributed by atoms with E-state index in [-0.39, 0.29) is 113 Å². The number of hydrogen-bond donors (Lipinski definition) is 7. The van der Waals surface area contributed by atoms with E-state index in [0.29, 0.717) is 62.4 Å². The van der Waals surface area contributed by atoms with Crippen LogP contribution in [0.2, 0.25) is 0 Å². The molecule has 3 aromatic carbocycles. The van der Waals surface area contributed by atoms with E-state index < -0.39 is 89.9 Å². The van der Waals surface area contributed by atoms with Gasteiger partial charge < -0.3 is 66.0 Å². The number of alkyl halides is 1. The van der Waals surface area contributed by atoms with Gasteiger partial charge in [-0.2, -0.15) is 0 Å². The van der Waals surface area contributed by atoms with Crippen LogP contribution in [0.4, 0.5) is 33.2 Å². The topological polar surface area (TPSA) is 300 Å². The van der Waals surface area contributed by atoms with Gasteiger partial charge in [0.25, 0.3) is 11.8 Å². The number of aromatic nitrogens is 2. The van der Waals surface area contributed by atoms with E-state index >= 15 is 13.6 Å². The lowest BCUT2D eigenvalue weighted by atomic mass is 9.89. The number of aliphatic hydroxyl groups excluding tert-OH is 2. The summed E-state index contributed by atoms with van der Waals surface area (Å²) in [6, 6.07) is 14.2. The molecule has 8 rings (SSSR count). The fourth-order valence-corrected chi connectivity index (χ4v) is 11.2. The Morgan fingerprint density at radius 3 is 2.21 bits per heavy atom. The summed E-state index contributed by atoms with van der Waals surface area (Å²) in [7, 11) is 0. The zero-order valence-corrected chi connectivity index (χ0v) is 48.7. The van der Waals surface area contributed by atoms with Crippen LogP contribution >= 0.6 is 0 Å². The maximum atomic E-state index is 16.6. The van der Waals surface area contributed by atoms with Gasteiger partial charge in [-0.25, -0.2) is 32.5 Å². The second kappa shape index (κ2) is 30.3. The SMILES string of the molecule is CC(C)C(NC(=O)CCCCCN1C(=O)C=CC1=O)C(=O)NC(CCCNC(N)=O)C(=O)Nc1ccc(COC(=O)N2CC(F)C(CN(C(=O)N3CC(O)C(O)C3)C(c3nc(-c4cc(F)ccc4F)cn3Cc3ccccc3)C3CCOCC3)C2)cc1. The average molecular weight is 1210 g/mol. The first-order valence-electron chi connectivity index (χ1n) is 29.4. The molecule has 4 aromatic rings. The number of nitrogens with one attached hydrogen (secondary N) is 4. The van der Waals surface area contributed by atoms with Crippen molar-refractivity contribution in [1.29, 1.82) is 0 Å². The highest BCUT2D eigenvalue weighted by molar-refractivity contribution is 6.12. The number of amides is 10. The third-order valence-corrected chi connectivity index (χ3v) is 16.0. The fraction of sp³-hybridized carbons (Fsp3) is 0.492. The molecule has 7 atom stereocenters. The summed E-state index contributed by atoms with van der Waals surface area (Å²) in [5, 5.41) is 32.0. The number of hydrogen-bond acceptors (Lipinski definition) is 13. The Labute approximate surface area is 501 Å². The number of ether oxygens (including phenoxy) is 2. The van der Waals surface area contributed by atoms with E-state index in [1.54, 1.807) is 48.9 Å². The number of halogens is 3. The van der Waals surface area contributed by atoms with Gasteiger partial charge in [-0.15, -0.1) is 0 Å². The third kappa shape index (κ3) is 17.4. The Balaban J connectivity index is 0.917. The summed E-state index contributed by atoms with van der Waals surface area (Å²) in [5.41, 5.74) is 6.86. The maximum absolute atomic E-state index is 16.6. The first kappa shape index (κ1) is 64.6. The summed E-state index contributed by atoms with van der Waals surface area (Å²) >= 11 is 0. The summed E-state index contributed by atoms with van der Waals surface area (Å²) in [5.74, 6) is -5.21. The quantitative estimate of drug-likeness (QED) is 0.0325. The van der Waals surface area contributed by atoms with Crippen molar-refractivity contribution in [1.82, 2.24) is 45.1 Å². The number of rotatable bonds is 26. The molecule has 8 N–H and O–H groups in total. The number of nitrogens with two attached hydrogens (primary N) is 1. The van der Waals surface area contributed by atoms with Crippen molar-refractivity contribution in [2.75, 3.05) is 64.3 Å². The molecule has 26 heteroatoms. The Bertz CT molecular complexity index is 3080. The van der Waals surface area contributed by atoms with Crippen LogP contribution in [0, 0.1) is 29.4 Å². The van der Waals surface area contributed by atoms with E-state index in [4.69, 9.17) is 20.2 Å². The molecule has 5 heterocycles. The lowest BCUT2D eigenvalue weighted by Gasteiger charge is -2.41. The minimum Gasteiger partial charge on any atom is -0.445 e. The van der Waals surface area contributed by atoms with Gasteiger partial charge in [0.1, 0.15) is 42.3 Å². The van der Waals surface area contributed by atoms with E-state index in [1.807, 2.05) is 30.3 Å². The maximum Gasteiger partial charge on any atom is 0.410 e. The molecular formula is C61H76F3N11O12. The summed E-state index contributed by atoms with van der Waals surface area (Å²) in [6.07, 6.45) is 1.75. The first-order valence-corrected chi connectivity index (χ1v) is 29.4. The van der Waals surface area contributed by atoms with Crippen LogP contribution in [0.15, 0.2) is 91.1 Å². The number of imide groups is 1. The summed E-state index contributed by atoms with van der Waals surface area (Å²) in [4.78, 5) is 114. The Hall–Kier alpha value is -8.36. The van der Waals surface area contributed by atoms with Crippen LogP contribution < -0.4 is 27.0 Å². The van der Waals surface area contributed by atoms with Crippen LogP contribution in [0.3, 0.4) is 0 Å². The van der Waals surface area contributed by atoms with Crippen LogP contribution in [0.1, 0.15) is 88.2 Å². The molecule has 4 aliphatic rings. The van der Waals surface area contributed by atoms with Crippen molar-refractivity contribution in [3.63, 3.8) is 0 Å². The summed E-state index contributed by atoms with van der Waals surface area (Å²) < 4.78 is 60.1. The van der Waals surface area contributed by atoms with E-state index in [1.165, 1.54) is 26.9 Å². The number of β-amino-alcohol motifs (C(OH)–C–C–N with tert-alkyl or cyclic N) is 2. The number of primary amides is 1. The predicted molar refractivity (Wildman–Crippen MR) is 310 cm³/mol. The number of carbonyl (C=O) groups is 8. The number of carbonyl (C=O) groups excluding carboxylic acids is 8. The standard InChI is InChI=1S/C61H76F3N11O12/c1-37(2)54(70-51(78)13-7-4-8-25-74-52(79)20-21-53(74)80)58(82)69-47(12-9-24-66-59(65)83)57(81)67-43-17-14-39(15-18-43)36-87-61(85)73-30-41(46(64)32-73)31-75(60(84)72-34-49(76)50(77)35-72)55(40-22-26-86-27-23-40)56-68-48(44-28-42(62)16-19-45(44)63)33-71(56)29-38-10-5-3-6-11-38/h3,5-6,10-11,14-21,28,33,37,40-41,46-47,49-50,54-55,76-77H,4,7-9,12-13,22-27,29-32,34-36H2,1-2H3,(H,67,81)(H,69,82)(H,70,78)(H3,65,66,83). The zero-order chi connectivity index (χ0) is 62.3. The number of benzene rings is 3. The number of imidazole rings is 1. The van der Waals surface area contributed by atoms with Crippen molar-refractivity contribution in [2.24, 2.45) is 23.5 Å². The number of unbranched alkanes of at least 4 members (excludes halogenated alkanes) is 2. The highest BCUT2D eigenvalue weighted by Gasteiger charge is 2.46. The smallest absolute Gasteiger partial charge is 0.410 e. The molecule has 468 valence electrons. The highest BCUT2D eigenvalue weighted by Crippen LogP contribution is 2.40. The Morgan fingerprint density at radius 1 is 0.828 bits per heavy atom. The van der Waals surface area contributed by atoms with Gasteiger partial charge in [-0.05, 0) is 91.8 Å². The second-order valence-corrected chi connectivity index (χ2v) is 22.8. The molecule has 0 radical (unpaired) electrons. The number of nitrogens with zero attached hydrogens (tertiary/aromatic N) is 6. The molecule has 4 aliphatic heterocycles. The predicted octanol–water partition coefficient (Wildman–Crippen LogP) is 4.91. The van der Waals surface area contributed by atoms with Gasteiger partial charge in [0.2, 0.25) is 17.7 Å². The number of aliphatic hydroxyl groups is 2. The second-order valence-electron chi connectivity index (χ2n) is 22.8. The van der Waals surface area contributed by atoms with Crippen molar-refractivity contribution < 1.29 is 71.2 Å². The Kier molecular flexibility index (Phi) is 22.5. The molecule has 10 amide bonds. The van der Waals surface area contributed by atoms with Gasteiger partial charge >= 0.3 is 18.2 Å². The molecule has 23 nitrogen and oxygen atoms in total. The zero-order valence-electron chi connectivity index (χ0n) is 48.7. The van der Waals surface area contributed by atoms with Gasteiger partial charge in [-0.3, -0.25) is 28.9 Å². The van der Waals surface area contributed by atoms with Crippen molar-refractivity contribution in [2.45, 2.75) is 115 Å². The molecular weight excluding hydrogens is 1140 g/mol. The lowest BCUT2D eigenvalue weighted by molar-refractivity contribution is -0.137. The normalized spacial score (nSPS) is 19.7. The molecule has 1 aromatic heterocycles. The van der Waals surface area contributed by atoms with E-state index in [0.717, 1.165) is 28.7 Å². The van der Waals surface area contributed by atoms with Gasteiger partial charge in [-0.1, -0.05) is 62.7 Å². The average Bonchev–Trinajstić information content (AvgIpc) is 2.90. The molecule has 7 unspecified atom stereocenters. The van der Waals surface area contributed by atoms with Gasteiger partial charge in [0.05, 0.1) is 43.6 Å². The highest BCUT2D eigenvalue weighted by atomic mass is 19.1. The number of urea groups is 2. The minimum atomic E-state index is -1.65. The molecule has 3 fully saturated rings. The van der Waals surface area contributed by atoms with Crippen LogP contribution in [0.25, 0.3) is 11.3 Å². The number of likely N-dealkylation sites (tertiary alicyclic amines) is 2. The van der Waals surface area contributed by atoms with Crippen LogP contribution in [0.5, 0.6) is 0 Å². The van der Waals surface area contributed by atoms with Crippen molar-refractivity contribution in [3.05, 3.63) is 120 Å². The molecule has 3 saturated heterocycles. The lowest BCUT2D eigenvalue weighted by Crippen LogP contribution is -2.54. The first-order chi connectivity index (χ1) is 41.7. The Morgan fingerprint density at radius 2 is 1.53 bits per heavy atom. The molecule has 0 saturated carbocycles. The number of anilines is 1. The largest absolute Gasteiger partial charge is 0.445 e. The molecule has 0 spiro atoms. The molecule has 0 bridgehead atoms. The van der Waals surface area contributed by atoms with E-state index in [2.05, 4.69) is 21.3 Å². The summed E-state index contributed by atoms with van der Waals surface area (Å²) in [6.45, 7) is 3.14. The van der Waals surface area contributed by atoms with Gasteiger partial charge in [0.15, 0.2) is 0 Å². The van der Waals surface area contributed by atoms with Crippen LogP contribution in [-0.2, 0) is 46.6 Å².